The first-order valence-electron chi connectivity index (χ1n) is 6.29. The molecule has 0 spiro atoms. The number of hydrogen-bond donors (Lipinski definition) is 1. The number of oxazole rings is 1. The lowest BCUT2D eigenvalue weighted by molar-refractivity contribution is 0.340. The SMILES string of the molecule is CC(C)NCc1ncc(C2(C)CCCC2)o1. The standard InChI is InChI=1S/C13H22N2O/c1-10(2)14-9-12-15-8-11(16-12)13(3)6-4-5-7-13/h8,10,14H,4-7,9H2,1-3H3. The third-order valence-corrected chi connectivity index (χ3v) is 3.52. The van der Waals surface area contributed by atoms with Crippen molar-refractivity contribution in [3.63, 3.8) is 0 Å². The number of nitrogens with zero attached hydrogens (tertiary/aromatic N) is 1. The van der Waals surface area contributed by atoms with Gasteiger partial charge in [-0.3, -0.25) is 0 Å². The molecule has 0 atom stereocenters. The molecular formula is C13H22N2O. The summed E-state index contributed by atoms with van der Waals surface area (Å²) in [4.78, 5) is 4.35. The van der Waals surface area contributed by atoms with Crippen molar-refractivity contribution >= 4 is 0 Å². The van der Waals surface area contributed by atoms with Crippen LogP contribution in [0.5, 0.6) is 0 Å². The second kappa shape index (κ2) is 4.58. The van der Waals surface area contributed by atoms with E-state index in [4.69, 9.17) is 4.42 Å². The maximum absolute atomic E-state index is 5.85. The lowest BCUT2D eigenvalue weighted by Gasteiger charge is -2.19. The number of rotatable bonds is 4. The van der Waals surface area contributed by atoms with Crippen LogP contribution in [-0.2, 0) is 12.0 Å². The third-order valence-electron chi connectivity index (χ3n) is 3.52. The Balaban J connectivity index is 2.01. The highest BCUT2D eigenvalue weighted by Crippen LogP contribution is 2.40. The molecule has 0 aliphatic heterocycles. The summed E-state index contributed by atoms with van der Waals surface area (Å²) < 4.78 is 5.85. The summed E-state index contributed by atoms with van der Waals surface area (Å²) in [5, 5.41) is 3.32. The van der Waals surface area contributed by atoms with Crippen LogP contribution < -0.4 is 5.32 Å². The number of hydrogen-bond acceptors (Lipinski definition) is 3. The molecule has 0 aromatic carbocycles. The summed E-state index contributed by atoms with van der Waals surface area (Å²) in [5.74, 6) is 1.89. The molecule has 90 valence electrons. The molecule has 1 aliphatic carbocycles. The van der Waals surface area contributed by atoms with Crippen molar-refractivity contribution in [2.75, 3.05) is 0 Å². The van der Waals surface area contributed by atoms with Gasteiger partial charge in [0.05, 0.1) is 12.7 Å². The first kappa shape index (κ1) is 11.6. The zero-order valence-corrected chi connectivity index (χ0v) is 10.5. The van der Waals surface area contributed by atoms with Gasteiger partial charge in [0.15, 0.2) is 0 Å². The van der Waals surface area contributed by atoms with Crippen molar-refractivity contribution in [1.82, 2.24) is 10.3 Å². The topological polar surface area (TPSA) is 38.1 Å². The Morgan fingerprint density at radius 1 is 1.44 bits per heavy atom. The molecule has 1 aromatic heterocycles. The highest BCUT2D eigenvalue weighted by molar-refractivity contribution is 5.11. The van der Waals surface area contributed by atoms with E-state index >= 15 is 0 Å². The molecule has 1 N–H and O–H groups in total. The van der Waals surface area contributed by atoms with Crippen molar-refractivity contribution in [3.05, 3.63) is 17.8 Å². The smallest absolute Gasteiger partial charge is 0.208 e. The fourth-order valence-electron chi connectivity index (χ4n) is 2.36. The van der Waals surface area contributed by atoms with Crippen LogP contribution in [-0.4, -0.2) is 11.0 Å². The summed E-state index contributed by atoms with van der Waals surface area (Å²) in [5.41, 5.74) is 0.239. The molecular weight excluding hydrogens is 200 g/mol. The normalized spacial score (nSPS) is 19.5. The van der Waals surface area contributed by atoms with Gasteiger partial charge in [-0.15, -0.1) is 0 Å². The third kappa shape index (κ3) is 2.46. The van der Waals surface area contributed by atoms with Gasteiger partial charge in [0, 0.05) is 11.5 Å². The molecule has 16 heavy (non-hydrogen) atoms. The number of aromatic nitrogens is 1. The minimum Gasteiger partial charge on any atom is -0.444 e. The van der Waals surface area contributed by atoms with Crippen LogP contribution in [0.15, 0.2) is 10.6 Å². The molecule has 0 unspecified atom stereocenters. The summed E-state index contributed by atoms with van der Waals surface area (Å²) in [7, 11) is 0. The Bertz CT molecular complexity index is 337. The largest absolute Gasteiger partial charge is 0.444 e. The molecule has 2 rings (SSSR count). The van der Waals surface area contributed by atoms with Gasteiger partial charge in [0.1, 0.15) is 5.76 Å². The van der Waals surface area contributed by atoms with Crippen LogP contribution in [0.3, 0.4) is 0 Å². The van der Waals surface area contributed by atoms with Gasteiger partial charge < -0.3 is 9.73 Å². The van der Waals surface area contributed by atoms with Crippen molar-refractivity contribution in [2.24, 2.45) is 0 Å². The first-order valence-corrected chi connectivity index (χ1v) is 6.29. The van der Waals surface area contributed by atoms with Crippen molar-refractivity contribution in [3.8, 4) is 0 Å². The minimum absolute atomic E-state index is 0.239. The molecule has 0 bridgehead atoms. The quantitative estimate of drug-likeness (QED) is 0.851. The Labute approximate surface area is 97.6 Å². The summed E-state index contributed by atoms with van der Waals surface area (Å²) in [6, 6.07) is 0.470. The molecule has 0 amide bonds. The molecule has 1 aliphatic rings. The van der Waals surface area contributed by atoms with E-state index in [2.05, 4.69) is 31.1 Å². The van der Waals surface area contributed by atoms with Gasteiger partial charge >= 0.3 is 0 Å². The number of nitrogens with one attached hydrogen (secondary N) is 1. The molecule has 1 fully saturated rings. The van der Waals surface area contributed by atoms with Gasteiger partial charge in [-0.25, -0.2) is 4.98 Å². The first-order chi connectivity index (χ1) is 7.60. The second-order valence-corrected chi connectivity index (χ2v) is 5.42. The van der Waals surface area contributed by atoms with Crippen molar-refractivity contribution < 1.29 is 4.42 Å². The van der Waals surface area contributed by atoms with E-state index in [-0.39, 0.29) is 5.41 Å². The Morgan fingerprint density at radius 3 is 2.75 bits per heavy atom. The van der Waals surface area contributed by atoms with E-state index in [1.807, 2.05) is 6.20 Å². The zero-order valence-electron chi connectivity index (χ0n) is 10.5. The predicted molar refractivity (Wildman–Crippen MR) is 64.3 cm³/mol. The van der Waals surface area contributed by atoms with Gasteiger partial charge in [-0.1, -0.05) is 33.6 Å². The fourth-order valence-corrected chi connectivity index (χ4v) is 2.36. The van der Waals surface area contributed by atoms with Crippen LogP contribution in [0.4, 0.5) is 0 Å². The summed E-state index contributed by atoms with van der Waals surface area (Å²) >= 11 is 0. The molecule has 0 radical (unpaired) electrons. The highest BCUT2D eigenvalue weighted by Gasteiger charge is 2.33. The summed E-state index contributed by atoms with van der Waals surface area (Å²) in [6.45, 7) is 7.28. The zero-order chi connectivity index (χ0) is 11.6. The Kier molecular flexibility index (Phi) is 3.33. The lowest BCUT2D eigenvalue weighted by atomic mass is 9.87. The van der Waals surface area contributed by atoms with Gasteiger partial charge in [0.25, 0.3) is 0 Å². The predicted octanol–water partition coefficient (Wildman–Crippen LogP) is 3.00. The maximum atomic E-state index is 5.85. The second-order valence-electron chi connectivity index (χ2n) is 5.42. The van der Waals surface area contributed by atoms with Crippen LogP contribution in [0.2, 0.25) is 0 Å². The van der Waals surface area contributed by atoms with E-state index in [0.717, 1.165) is 18.2 Å². The van der Waals surface area contributed by atoms with Crippen LogP contribution in [0.1, 0.15) is 58.1 Å². The average molecular weight is 222 g/mol. The lowest BCUT2D eigenvalue weighted by Crippen LogP contribution is -2.22. The summed E-state index contributed by atoms with van der Waals surface area (Å²) in [6.07, 6.45) is 7.02. The molecule has 1 heterocycles. The monoisotopic (exact) mass is 222 g/mol. The van der Waals surface area contributed by atoms with Gasteiger partial charge in [-0.2, -0.15) is 0 Å². The van der Waals surface area contributed by atoms with Crippen LogP contribution >= 0.6 is 0 Å². The molecule has 0 saturated heterocycles. The Hall–Kier alpha value is -0.830. The van der Waals surface area contributed by atoms with E-state index < -0.39 is 0 Å². The highest BCUT2D eigenvalue weighted by atomic mass is 16.4. The Morgan fingerprint density at radius 2 is 2.12 bits per heavy atom. The van der Waals surface area contributed by atoms with E-state index in [0.29, 0.717) is 6.04 Å². The van der Waals surface area contributed by atoms with Crippen molar-refractivity contribution in [1.29, 1.82) is 0 Å². The van der Waals surface area contributed by atoms with E-state index in [9.17, 15) is 0 Å². The van der Waals surface area contributed by atoms with Crippen LogP contribution in [0, 0.1) is 0 Å². The van der Waals surface area contributed by atoms with E-state index in [1.54, 1.807) is 0 Å². The van der Waals surface area contributed by atoms with E-state index in [1.165, 1.54) is 25.7 Å². The molecule has 3 nitrogen and oxygen atoms in total. The maximum Gasteiger partial charge on any atom is 0.208 e. The molecule has 1 aromatic rings. The molecule has 3 heteroatoms. The van der Waals surface area contributed by atoms with Crippen molar-refractivity contribution in [2.45, 2.75) is 64.5 Å². The van der Waals surface area contributed by atoms with Gasteiger partial charge in [0.2, 0.25) is 5.89 Å². The molecule has 1 saturated carbocycles. The van der Waals surface area contributed by atoms with Gasteiger partial charge in [-0.05, 0) is 12.8 Å². The average Bonchev–Trinajstić information content (AvgIpc) is 2.84. The minimum atomic E-state index is 0.239. The van der Waals surface area contributed by atoms with Crippen LogP contribution in [0.25, 0.3) is 0 Å². The fraction of sp³-hybridized carbons (Fsp3) is 0.769.